The highest BCUT2D eigenvalue weighted by molar-refractivity contribution is 9.08. The van der Waals surface area contributed by atoms with Crippen molar-refractivity contribution in [1.29, 1.82) is 0 Å². The standard InChI is InChI=1S/C19H21N3O2S.C15H12BrNO2S.ClH/c23-25(24,17-6-2-1-3-7-17)22-12-9-18-16(5-4-8-19(18)22)15-21-13-10-20-11-14-21;16-11-12-5-4-8-15-14(12)9-10-17(15)20(18,19)13-6-2-1-3-7-13;/h1-9,12,20H,10-11,13-15H2;1-10H,11H2;1H. The summed E-state index contributed by atoms with van der Waals surface area (Å²) in [7, 11) is -7.12. The maximum Gasteiger partial charge on any atom is 0.268 e. The lowest BCUT2D eigenvalue weighted by atomic mass is 10.1. The third-order valence-electron chi connectivity index (χ3n) is 7.92. The van der Waals surface area contributed by atoms with Gasteiger partial charge in [0.25, 0.3) is 20.0 Å². The van der Waals surface area contributed by atoms with E-state index in [1.54, 1.807) is 67.0 Å². The van der Waals surface area contributed by atoms with Crippen LogP contribution >= 0.6 is 28.3 Å². The van der Waals surface area contributed by atoms with E-state index in [2.05, 4.69) is 32.2 Å². The zero-order valence-corrected chi connectivity index (χ0v) is 28.9. The van der Waals surface area contributed by atoms with Gasteiger partial charge in [-0.1, -0.05) is 76.6 Å². The minimum atomic E-state index is -3.58. The van der Waals surface area contributed by atoms with Gasteiger partial charge in [-0.2, -0.15) is 0 Å². The van der Waals surface area contributed by atoms with Gasteiger partial charge in [0.2, 0.25) is 0 Å². The Kier molecular flexibility index (Phi) is 10.7. The first kappa shape index (κ1) is 33.9. The molecule has 0 saturated carbocycles. The summed E-state index contributed by atoms with van der Waals surface area (Å²) in [5, 5.41) is 6.00. The molecule has 0 unspecified atom stereocenters. The minimum Gasteiger partial charge on any atom is -0.314 e. The molecule has 0 radical (unpaired) electrons. The molecule has 46 heavy (non-hydrogen) atoms. The summed E-state index contributed by atoms with van der Waals surface area (Å²) < 4.78 is 54.0. The Morgan fingerprint density at radius 3 is 1.52 bits per heavy atom. The van der Waals surface area contributed by atoms with Crippen molar-refractivity contribution in [1.82, 2.24) is 18.2 Å². The number of hydrogen-bond acceptors (Lipinski definition) is 6. The summed E-state index contributed by atoms with van der Waals surface area (Å²) in [5.74, 6) is 0. The summed E-state index contributed by atoms with van der Waals surface area (Å²) >= 11 is 3.42. The van der Waals surface area contributed by atoms with Crippen LogP contribution in [-0.2, 0) is 31.9 Å². The molecular formula is C34H34BrClN4O4S2. The van der Waals surface area contributed by atoms with Gasteiger partial charge in [-0.3, -0.25) is 4.90 Å². The topological polar surface area (TPSA) is 93.4 Å². The molecule has 240 valence electrons. The van der Waals surface area contributed by atoms with Gasteiger partial charge in [0.1, 0.15) is 0 Å². The molecule has 0 atom stereocenters. The number of hydrogen-bond donors (Lipinski definition) is 1. The summed E-state index contributed by atoms with van der Waals surface area (Å²) in [4.78, 5) is 3.00. The van der Waals surface area contributed by atoms with E-state index in [-0.39, 0.29) is 12.4 Å². The van der Waals surface area contributed by atoms with E-state index in [0.29, 0.717) is 20.6 Å². The molecule has 1 saturated heterocycles. The Morgan fingerprint density at radius 2 is 1.04 bits per heavy atom. The van der Waals surface area contributed by atoms with Crippen LogP contribution in [0.3, 0.4) is 0 Å². The summed E-state index contributed by atoms with van der Waals surface area (Å²) in [5.41, 5.74) is 3.67. The fourth-order valence-corrected chi connectivity index (χ4v) is 8.83. The van der Waals surface area contributed by atoms with Crippen LogP contribution < -0.4 is 5.32 Å². The first-order valence-electron chi connectivity index (χ1n) is 14.6. The molecule has 1 aliphatic heterocycles. The molecule has 1 N–H and O–H groups in total. The molecule has 1 fully saturated rings. The molecule has 6 aromatic rings. The Bertz CT molecular complexity index is 2150. The van der Waals surface area contributed by atoms with Crippen molar-refractivity contribution in [2.24, 2.45) is 0 Å². The molecule has 2 aromatic heterocycles. The molecule has 0 bridgehead atoms. The molecule has 0 amide bonds. The molecule has 0 aliphatic carbocycles. The molecule has 0 spiro atoms. The Hall–Kier alpha value is -3.45. The number of aromatic nitrogens is 2. The lowest BCUT2D eigenvalue weighted by molar-refractivity contribution is 0.234. The van der Waals surface area contributed by atoms with E-state index in [9.17, 15) is 16.8 Å². The van der Waals surface area contributed by atoms with Crippen LogP contribution in [0.4, 0.5) is 0 Å². The second-order valence-electron chi connectivity index (χ2n) is 10.7. The van der Waals surface area contributed by atoms with Crippen LogP contribution in [0.1, 0.15) is 11.1 Å². The number of halogens is 2. The Morgan fingerprint density at radius 1 is 0.587 bits per heavy atom. The zero-order valence-electron chi connectivity index (χ0n) is 24.9. The van der Waals surface area contributed by atoms with Crippen molar-refractivity contribution < 1.29 is 16.8 Å². The van der Waals surface area contributed by atoms with Gasteiger partial charge in [0, 0.05) is 61.2 Å². The number of alkyl halides is 1. The third kappa shape index (κ3) is 6.80. The third-order valence-corrected chi connectivity index (χ3v) is 11.9. The van der Waals surface area contributed by atoms with Crippen LogP contribution in [0.25, 0.3) is 21.8 Å². The van der Waals surface area contributed by atoms with Gasteiger partial charge in [0.15, 0.2) is 0 Å². The van der Waals surface area contributed by atoms with E-state index >= 15 is 0 Å². The van der Waals surface area contributed by atoms with Gasteiger partial charge in [-0.05, 0) is 59.7 Å². The fourth-order valence-electron chi connectivity index (χ4n) is 5.61. The van der Waals surface area contributed by atoms with Gasteiger partial charge in [-0.25, -0.2) is 24.8 Å². The van der Waals surface area contributed by atoms with E-state index in [0.717, 1.165) is 54.6 Å². The molecule has 8 nitrogen and oxygen atoms in total. The first-order valence-corrected chi connectivity index (χ1v) is 18.6. The van der Waals surface area contributed by atoms with Crippen molar-refractivity contribution in [2.75, 3.05) is 26.2 Å². The van der Waals surface area contributed by atoms with Crippen LogP contribution in [0.5, 0.6) is 0 Å². The van der Waals surface area contributed by atoms with Gasteiger partial charge in [0.05, 0.1) is 20.8 Å². The molecule has 4 aromatic carbocycles. The lowest BCUT2D eigenvalue weighted by Crippen LogP contribution is -2.42. The van der Waals surface area contributed by atoms with Crippen molar-refractivity contribution >= 4 is 70.2 Å². The van der Waals surface area contributed by atoms with E-state index < -0.39 is 20.0 Å². The van der Waals surface area contributed by atoms with Crippen molar-refractivity contribution in [2.45, 2.75) is 21.7 Å². The number of nitrogens with zero attached hydrogens (tertiary/aromatic N) is 3. The Balaban J connectivity index is 0.000000182. The predicted octanol–water partition coefficient (Wildman–Crippen LogP) is 6.48. The van der Waals surface area contributed by atoms with Gasteiger partial charge in [-0.15, -0.1) is 12.4 Å². The molecule has 3 heterocycles. The van der Waals surface area contributed by atoms with Crippen molar-refractivity contribution in [3.05, 3.63) is 133 Å². The first-order chi connectivity index (χ1) is 21.8. The highest BCUT2D eigenvalue weighted by Gasteiger charge is 2.21. The van der Waals surface area contributed by atoms with E-state index in [1.165, 1.54) is 13.5 Å². The number of piperazine rings is 1. The minimum absolute atomic E-state index is 0. The number of fused-ring (bicyclic) bond motifs is 2. The monoisotopic (exact) mass is 740 g/mol. The number of benzene rings is 4. The smallest absolute Gasteiger partial charge is 0.268 e. The SMILES string of the molecule is Cl.O=S(=O)(c1ccccc1)n1ccc2c(CBr)cccc21.O=S(=O)(c1ccccc1)n1ccc2c(CN3CCNCC3)cccc21. The van der Waals surface area contributed by atoms with Crippen molar-refractivity contribution in [3.63, 3.8) is 0 Å². The van der Waals surface area contributed by atoms with Crippen molar-refractivity contribution in [3.8, 4) is 0 Å². The summed E-state index contributed by atoms with van der Waals surface area (Å²) in [6, 6.07) is 32.4. The molecule has 12 heteroatoms. The van der Waals surface area contributed by atoms with Gasteiger partial charge < -0.3 is 5.32 Å². The normalized spacial score (nSPS) is 14.0. The quantitative estimate of drug-likeness (QED) is 0.189. The highest BCUT2D eigenvalue weighted by atomic mass is 79.9. The Labute approximate surface area is 284 Å². The maximum absolute atomic E-state index is 13.0. The second-order valence-corrected chi connectivity index (χ2v) is 14.9. The number of nitrogens with one attached hydrogen (secondary N) is 1. The maximum atomic E-state index is 13.0. The number of rotatable bonds is 7. The summed E-state index contributed by atoms with van der Waals surface area (Å²) in [6.45, 7) is 4.87. The van der Waals surface area contributed by atoms with Gasteiger partial charge >= 0.3 is 0 Å². The largest absolute Gasteiger partial charge is 0.314 e. The predicted molar refractivity (Wildman–Crippen MR) is 190 cm³/mol. The highest BCUT2D eigenvalue weighted by Crippen LogP contribution is 2.27. The van der Waals surface area contributed by atoms with E-state index in [4.69, 9.17) is 0 Å². The summed E-state index contributed by atoms with van der Waals surface area (Å²) in [6.07, 6.45) is 3.27. The zero-order chi connectivity index (χ0) is 31.4. The lowest BCUT2D eigenvalue weighted by Gasteiger charge is -2.27. The average molecular weight is 742 g/mol. The molecular weight excluding hydrogens is 708 g/mol. The van der Waals surface area contributed by atoms with Crippen LogP contribution in [0.15, 0.2) is 131 Å². The molecule has 1 aliphatic rings. The van der Waals surface area contributed by atoms with Crippen LogP contribution in [0.2, 0.25) is 0 Å². The molecule has 7 rings (SSSR count). The fraction of sp³-hybridized carbons (Fsp3) is 0.176. The average Bonchev–Trinajstić information content (AvgIpc) is 3.73. The van der Waals surface area contributed by atoms with Crippen LogP contribution in [0, 0.1) is 0 Å². The second kappa shape index (κ2) is 14.5. The van der Waals surface area contributed by atoms with Crippen LogP contribution in [-0.4, -0.2) is 55.9 Å². The van der Waals surface area contributed by atoms with E-state index in [1.807, 2.05) is 48.5 Å².